The van der Waals surface area contributed by atoms with Crippen molar-refractivity contribution >= 4 is 0 Å². The number of hydrogen-bond donors (Lipinski definition) is 1. The van der Waals surface area contributed by atoms with E-state index in [2.05, 4.69) is 31.3 Å². The van der Waals surface area contributed by atoms with Crippen LogP contribution in [0.4, 0.5) is 0 Å². The van der Waals surface area contributed by atoms with Gasteiger partial charge in [-0.05, 0) is 44.0 Å². The molecule has 1 fully saturated rings. The van der Waals surface area contributed by atoms with Crippen LogP contribution in [0.25, 0.3) is 0 Å². The third kappa shape index (κ3) is 2.99. The van der Waals surface area contributed by atoms with Gasteiger partial charge in [-0.1, -0.05) is 6.07 Å². The van der Waals surface area contributed by atoms with Gasteiger partial charge >= 0.3 is 0 Å². The summed E-state index contributed by atoms with van der Waals surface area (Å²) in [6.45, 7) is 8.58. The minimum atomic E-state index is 0.167. The quantitative estimate of drug-likeness (QED) is 0.873. The fourth-order valence-corrected chi connectivity index (χ4v) is 2.09. The maximum absolute atomic E-state index is 5.83. The van der Waals surface area contributed by atoms with E-state index in [0.717, 1.165) is 18.9 Å². The second kappa shape index (κ2) is 5.52. The van der Waals surface area contributed by atoms with Crippen LogP contribution in [-0.4, -0.2) is 25.8 Å². The number of nitrogens with one attached hydrogen (secondary N) is 1. The summed E-state index contributed by atoms with van der Waals surface area (Å²) >= 11 is 0. The molecular formula is C14H21NO2. The van der Waals surface area contributed by atoms with Crippen LogP contribution in [0.3, 0.4) is 0 Å². The van der Waals surface area contributed by atoms with E-state index in [0.29, 0.717) is 12.6 Å². The SMILES string of the molecule is CCOc1ccc(C2CNC(C)CO2)cc1C. The highest BCUT2D eigenvalue weighted by atomic mass is 16.5. The summed E-state index contributed by atoms with van der Waals surface area (Å²) < 4.78 is 11.4. The van der Waals surface area contributed by atoms with Crippen LogP contribution in [0.15, 0.2) is 18.2 Å². The van der Waals surface area contributed by atoms with Crippen LogP contribution in [0.5, 0.6) is 5.75 Å². The third-order valence-electron chi connectivity index (χ3n) is 3.07. The van der Waals surface area contributed by atoms with E-state index >= 15 is 0 Å². The van der Waals surface area contributed by atoms with Crippen molar-refractivity contribution in [2.75, 3.05) is 19.8 Å². The Bertz CT molecular complexity index is 370. The molecule has 0 radical (unpaired) electrons. The number of rotatable bonds is 3. The summed E-state index contributed by atoms with van der Waals surface area (Å²) in [5.41, 5.74) is 2.40. The first-order valence-corrected chi connectivity index (χ1v) is 6.29. The van der Waals surface area contributed by atoms with Crippen LogP contribution >= 0.6 is 0 Å². The number of morpholine rings is 1. The van der Waals surface area contributed by atoms with Gasteiger partial charge in [-0.15, -0.1) is 0 Å². The van der Waals surface area contributed by atoms with Crippen molar-refractivity contribution in [2.24, 2.45) is 0 Å². The molecule has 1 N–H and O–H groups in total. The first-order chi connectivity index (χ1) is 8.20. The number of ether oxygens (including phenoxy) is 2. The molecule has 1 heterocycles. The molecule has 2 unspecified atom stereocenters. The second-order valence-corrected chi connectivity index (χ2v) is 4.59. The van der Waals surface area contributed by atoms with Crippen LogP contribution in [0.2, 0.25) is 0 Å². The number of hydrogen-bond acceptors (Lipinski definition) is 3. The van der Waals surface area contributed by atoms with Gasteiger partial charge in [0.2, 0.25) is 0 Å². The molecule has 0 amide bonds. The molecule has 2 rings (SSSR count). The second-order valence-electron chi connectivity index (χ2n) is 4.59. The summed E-state index contributed by atoms with van der Waals surface area (Å²) in [6, 6.07) is 6.75. The van der Waals surface area contributed by atoms with E-state index in [-0.39, 0.29) is 6.10 Å². The number of benzene rings is 1. The summed E-state index contributed by atoms with van der Waals surface area (Å²) in [5.74, 6) is 0.966. The van der Waals surface area contributed by atoms with E-state index < -0.39 is 0 Å². The van der Waals surface area contributed by atoms with E-state index in [1.807, 2.05) is 13.0 Å². The smallest absolute Gasteiger partial charge is 0.122 e. The van der Waals surface area contributed by atoms with Crippen molar-refractivity contribution < 1.29 is 9.47 Å². The Morgan fingerprint density at radius 2 is 2.29 bits per heavy atom. The topological polar surface area (TPSA) is 30.5 Å². The fourth-order valence-electron chi connectivity index (χ4n) is 2.09. The molecule has 0 saturated carbocycles. The average Bonchev–Trinajstić information content (AvgIpc) is 2.33. The molecule has 2 atom stereocenters. The van der Waals surface area contributed by atoms with Crippen LogP contribution in [0, 0.1) is 6.92 Å². The van der Waals surface area contributed by atoms with Gasteiger partial charge in [-0.25, -0.2) is 0 Å². The van der Waals surface area contributed by atoms with E-state index in [1.165, 1.54) is 11.1 Å². The fraction of sp³-hybridized carbons (Fsp3) is 0.571. The predicted molar refractivity (Wildman–Crippen MR) is 68.5 cm³/mol. The van der Waals surface area contributed by atoms with Crippen molar-refractivity contribution in [3.8, 4) is 5.75 Å². The molecule has 1 saturated heterocycles. The van der Waals surface area contributed by atoms with Crippen LogP contribution in [0.1, 0.15) is 31.1 Å². The van der Waals surface area contributed by atoms with Gasteiger partial charge in [-0.2, -0.15) is 0 Å². The van der Waals surface area contributed by atoms with E-state index in [1.54, 1.807) is 0 Å². The minimum absolute atomic E-state index is 0.167. The molecule has 0 aliphatic carbocycles. The first-order valence-electron chi connectivity index (χ1n) is 6.29. The molecule has 1 aliphatic rings. The predicted octanol–water partition coefficient (Wildman–Crippen LogP) is 2.44. The van der Waals surface area contributed by atoms with E-state index in [9.17, 15) is 0 Å². The van der Waals surface area contributed by atoms with E-state index in [4.69, 9.17) is 9.47 Å². The average molecular weight is 235 g/mol. The molecule has 1 aromatic rings. The lowest BCUT2D eigenvalue weighted by molar-refractivity contribution is 0.00690. The Kier molecular flexibility index (Phi) is 4.02. The van der Waals surface area contributed by atoms with Gasteiger partial charge in [0, 0.05) is 12.6 Å². The zero-order valence-corrected chi connectivity index (χ0v) is 10.8. The Balaban J connectivity index is 2.09. The lowest BCUT2D eigenvalue weighted by Gasteiger charge is -2.28. The van der Waals surface area contributed by atoms with Crippen LogP contribution in [-0.2, 0) is 4.74 Å². The van der Waals surface area contributed by atoms with Gasteiger partial charge in [0.1, 0.15) is 5.75 Å². The van der Waals surface area contributed by atoms with Crippen molar-refractivity contribution in [1.29, 1.82) is 0 Å². The maximum Gasteiger partial charge on any atom is 0.122 e. The molecule has 1 aliphatic heterocycles. The minimum Gasteiger partial charge on any atom is -0.494 e. The molecule has 0 aromatic heterocycles. The molecular weight excluding hydrogens is 214 g/mol. The zero-order chi connectivity index (χ0) is 12.3. The largest absolute Gasteiger partial charge is 0.494 e. The molecule has 3 nitrogen and oxygen atoms in total. The lowest BCUT2D eigenvalue weighted by Crippen LogP contribution is -2.40. The summed E-state index contributed by atoms with van der Waals surface area (Å²) in [5, 5.41) is 3.43. The Labute approximate surface area is 103 Å². The zero-order valence-electron chi connectivity index (χ0n) is 10.8. The standard InChI is InChI=1S/C14H21NO2/c1-4-16-13-6-5-12(7-10(13)2)14-8-15-11(3)9-17-14/h5-7,11,14-15H,4,8-9H2,1-3H3. The van der Waals surface area contributed by atoms with Gasteiger partial charge < -0.3 is 14.8 Å². The van der Waals surface area contributed by atoms with Crippen molar-refractivity contribution in [1.82, 2.24) is 5.32 Å². The normalized spacial score (nSPS) is 24.6. The van der Waals surface area contributed by atoms with Crippen molar-refractivity contribution in [2.45, 2.75) is 32.9 Å². The molecule has 17 heavy (non-hydrogen) atoms. The van der Waals surface area contributed by atoms with Crippen molar-refractivity contribution in [3.05, 3.63) is 29.3 Å². The van der Waals surface area contributed by atoms with Gasteiger partial charge in [0.05, 0.1) is 19.3 Å². The third-order valence-corrected chi connectivity index (χ3v) is 3.07. The molecule has 0 spiro atoms. The highest BCUT2D eigenvalue weighted by molar-refractivity contribution is 5.37. The highest BCUT2D eigenvalue weighted by Crippen LogP contribution is 2.25. The maximum atomic E-state index is 5.83. The van der Waals surface area contributed by atoms with Crippen molar-refractivity contribution in [3.63, 3.8) is 0 Å². The first kappa shape index (κ1) is 12.4. The van der Waals surface area contributed by atoms with Crippen LogP contribution < -0.4 is 10.1 Å². The molecule has 0 bridgehead atoms. The molecule has 3 heteroatoms. The molecule has 94 valence electrons. The Morgan fingerprint density at radius 3 is 2.88 bits per heavy atom. The van der Waals surface area contributed by atoms with Gasteiger partial charge in [-0.3, -0.25) is 0 Å². The summed E-state index contributed by atoms with van der Waals surface area (Å²) in [4.78, 5) is 0. The number of aryl methyl sites for hydroxylation is 1. The lowest BCUT2D eigenvalue weighted by atomic mass is 10.0. The summed E-state index contributed by atoms with van der Waals surface area (Å²) in [6.07, 6.45) is 0.167. The Morgan fingerprint density at radius 1 is 1.47 bits per heavy atom. The van der Waals surface area contributed by atoms with Gasteiger partial charge in [0.15, 0.2) is 0 Å². The molecule has 1 aromatic carbocycles. The highest BCUT2D eigenvalue weighted by Gasteiger charge is 2.19. The Hall–Kier alpha value is -1.06. The van der Waals surface area contributed by atoms with Gasteiger partial charge in [0.25, 0.3) is 0 Å². The monoisotopic (exact) mass is 235 g/mol. The summed E-state index contributed by atoms with van der Waals surface area (Å²) in [7, 11) is 0.